The summed E-state index contributed by atoms with van der Waals surface area (Å²) in [5, 5.41) is 0.641. The Morgan fingerprint density at radius 3 is 2.26 bits per heavy atom. The number of fused-ring (bicyclic) bond motifs is 1. The minimum absolute atomic E-state index is 0.179. The largest absolute Gasteiger partial charge is 0.435 e. The monoisotopic (exact) mass is 504 g/mol. The molecule has 8 heteroatoms. The fraction of sp³-hybridized carbons (Fsp3) is 0.444. The molecule has 4 nitrogen and oxygen atoms in total. The minimum atomic E-state index is -4.53. The maximum absolute atomic E-state index is 14.3. The Kier molecular flexibility index (Phi) is 7.48. The van der Waals surface area contributed by atoms with Gasteiger partial charge in [0, 0.05) is 36.9 Å². The molecule has 0 saturated heterocycles. The number of aromatic nitrogens is 2. The van der Waals surface area contributed by atoms with Crippen molar-refractivity contribution < 1.29 is 13.2 Å². The van der Waals surface area contributed by atoms with Gasteiger partial charge in [0.15, 0.2) is 5.69 Å². The molecule has 2 heterocycles. The molecule has 0 bridgehead atoms. The van der Waals surface area contributed by atoms with Crippen LogP contribution in [0.15, 0.2) is 36.4 Å². The average molecular weight is 505 g/mol. The number of hydrogen-bond acceptors (Lipinski definition) is 3. The summed E-state index contributed by atoms with van der Waals surface area (Å²) in [6.45, 7) is 10.7. The van der Waals surface area contributed by atoms with Gasteiger partial charge in [-0.2, -0.15) is 13.2 Å². The lowest BCUT2D eigenvalue weighted by Gasteiger charge is -2.33. The van der Waals surface area contributed by atoms with Gasteiger partial charge in [0.2, 0.25) is 5.95 Å². The minimum Gasteiger partial charge on any atom is -0.312 e. The average Bonchev–Trinajstić information content (AvgIpc) is 3.14. The summed E-state index contributed by atoms with van der Waals surface area (Å²) in [6.07, 6.45) is -2.93. The number of aryl methyl sites for hydroxylation is 3. The Hall–Kier alpha value is -2.51. The van der Waals surface area contributed by atoms with E-state index in [4.69, 9.17) is 11.6 Å². The lowest BCUT2D eigenvalue weighted by Crippen LogP contribution is -2.31. The normalized spacial score (nSPS) is 14.0. The van der Waals surface area contributed by atoms with E-state index >= 15 is 0 Å². The van der Waals surface area contributed by atoms with E-state index in [1.54, 1.807) is 4.57 Å². The summed E-state index contributed by atoms with van der Waals surface area (Å²) in [5.74, 6) is 0.386. The molecule has 0 aliphatic carbocycles. The van der Waals surface area contributed by atoms with Crippen LogP contribution in [0.4, 0.5) is 24.8 Å². The van der Waals surface area contributed by atoms with E-state index in [-0.39, 0.29) is 12.2 Å². The number of imidazole rings is 1. The van der Waals surface area contributed by atoms with Gasteiger partial charge in [0.05, 0.1) is 5.69 Å². The van der Waals surface area contributed by atoms with Crippen molar-refractivity contribution in [2.75, 3.05) is 18.0 Å². The summed E-state index contributed by atoms with van der Waals surface area (Å²) in [5.41, 5.74) is 4.66. The third-order valence-corrected chi connectivity index (χ3v) is 6.72. The van der Waals surface area contributed by atoms with Gasteiger partial charge < -0.3 is 9.47 Å². The summed E-state index contributed by atoms with van der Waals surface area (Å²) in [7, 11) is 0. The number of hydrogen-bond donors (Lipinski definition) is 0. The maximum atomic E-state index is 14.3. The van der Waals surface area contributed by atoms with Crippen molar-refractivity contribution in [1.82, 2.24) is 14.5 Å². The Morgan fingerprint density at radius 2 is 1.66 bits per heavy atom. The molecule has 1 aliphatic rings. The lowest BCUT2D eigenvalue weighted by molar-refractivity contribution is -0.141. The summed E-state index contributed by atoms with van der Waals surface area (Å²) in [6, 6.07) is 11.6. The van der Waals surface area contributed by atoms with Crippen LogP contribution < -0.4 is 4.90 Å². The standard InChI is InChI=1S/C27H32ClF3N4/c1-5-11-33(16-21-7-9-22(28)10-8-21)17-23-25(27(29,30)31)32-26-34(23)12-6-13-35(26)24-19(3)14-18(2)15-20(24)4/h7-10,14-15H,5-6,11-13,16-17H2,1-4H3. The van der Waals surface area contributed by atoms with Gasteiger partial charge in [0.25, 0.3) is 0 Å². The molecular weight excluding hydrogens is 473 g/mol. The first-order valence-corrected chi connectivity index (χ1v) is 12.4. The van der Waals surface area contributed by atoms with E-state index in [1.165, 1.54) is 0 Å². The molecule has 188 valence electrons. The first-order chi connectivity index (χ1) is 16.6. The number of halogens is 4. The van der Waals surface area contributed by atoms with E-state index < -0.39 is 11.9 Å². The molecule has 0 atom stereocenters. The summed E-state index contributed by atoms with van der Waals surface area (Å²) in [4.78, 5) is 8.26. The maximum Gasteiger partial charge on any atom is 0.435 e. The Balaban J connectivity index is 1.75. The van der Waals surface area contributed by atoms with Crippen LogP contribution >= 0.6 is 11.6 Å². The number of alkyl halides is 3. The number of anilines is 2. The highest BCUT2D eigenvalue weighted by Gasteiger charge is 2.41. The zero-order valence-electron chi connectivity index (χ0n) is 20.7. The Labute approximate surface area is 210 Å². The van der Waals surface area contributed by atoms with E-state index in [0.29, 0.717) is 37.1 Å². The lowest BCUT2D eigenvalue weighted by atomic mass is 10.0. The van der Waals surface area contributed by atoms with Crippen molar-refractivity contribution in [2.24, 2.45) is 0 Å². The smallest absolute Gasteiger partial charge is 0.312 e. The number of benzene rings is 2. The van der Waals surface area contributed by atoms with Gasteiger partial charge >= 0.3 is 6.18 Å². The third-order valence-electron chi connectivity index (χ3n) is 6.46. The molecule has 3 aromatic rings. The molecule has 0 radical (unpaired) electrons. The number of nitrogens with zero attached hydrogens (tertiary/aromatic N) is 4. The van der Waals surface area contributed by atoms with Gasteiger partial charge in [0.1, 0.15) is 0 Å². The van der Waals surface area contributed by atoms with Crippen molar-refractivity contribution in [3.05, 3.63) is 75.1 Å². The van der Waals surface area contributed by atoms with Crippen molar-refractivity contribution in [2.45, 2.75) is 66.3 Å². The molecule has 1 aliphatic heterocycles. The molecule has 1 aromatic heterocycles. The molecule has 0 N–H and O–H groups in total. The predicted molar refractivity (Wildman–Crippen MR) is 135 cm³/mol. The molecule has 0 saturated carbocycles. The number of rotatable bonds is 7. The van der Waals surface area contributed by atoms with Gasteiger partial charge in [-0.1, -0.05) is 48.4 Å². The second-order valence-corrected chi connectivity index (χ2v) is 9.88. The van der Waals surface area contributed by atoms with Crippen LogP contribution in [-0.2, 0) is 25.8 Å². The van der Waals surface area contributed by atoms with E-state index in [0.717, 1.165) is 40.8 Å². The Bertz CT molecular complexity index is 1160. The summed E-state index contributed by atoms with van der Waals surface area (Å²) >= 11 is 6.01. The van der Waals surface area contributed by atoms with Crippen molar-refractivity contribution in [3.63, 3.8) is 0 Å². The van der Waals surface area contributed by atoms with Crippen molar-refractivity contribution in [1.29, 1.82) is 0 Å². The first-order valence-electron chi connectivity index (χ1n) is 12.1. The first kappa shape index (κ1) is 25.6. The van der Waals surface area contributed by atoms with Crippen LogP contribution in [0, 0.1) is 20.8 Å². The third kappa shape index (κ3) is 5.51. The van der Waals surface area contributed by atoms with Gasteiger partial charge in [-0.15, -0.1) is 0 Å². The molecule has 0 fully saturated rings. The predicted octanol–water partition coefficient (Wildman–Crippen LogP) is 7.43. The van der Waals surface area contributed by atoms with Gasteiger partial charge in [-0.25, -0.2) is 4.98 Å². The molecule has 35 heavy (non-hydrogen) atoms. The van der Waals surface area contributed by atoms with E-state index in [9.17, 15) is 13.2 Å². The second kappa shape index (κ2) is 10.2. The molecular formula is C27H32ClF3N4. The van der Waals surface area contributed by atoms with Crippen molar-refractivity contribution >= 4 is 23.2 Å². The summed E-state index contributed by atoms with van der Waals surface area (Å²) < 4.78 is 44.6. The highest BCUT2D eigenvalue weighted by atomic mass is 35.5. The molecule has 0 spiro atoms. The topological polar surface area (TPSA) is 24.3 Å². The zero-order chi connectivity index (χ0) is 25.3. The SMILES string of the molecule is CCCN(Cc1ccc(Cl)cc1)Cc1c(C(F)(F)F)nc2n1CCCN2c1c(C)cc(C)cc1C. The Morgan fingerprint density at radius 1 is 1.00 bits per heavy atom. The fourth-order valence-corrected chi connectivity index (χ4v) is 5.31. The van der Waals surface area contributed by atoms with E-state index in [2.05, 4.69) is 22.0 Å². The van der Waals surface area contributed by atoms with Crippen LogP contribution in [0.1, 0.15) is 53.4 Å². The van der Waals surface area contributed by atoms with E-state index in [1.807, 2.05) is 56.9 Å². The highest BCUT2D eigenvalue weighted by molar-refractivity contribution is 6.30. The van der Waals surface area contributed by atoms with Crippen LogP contribution in [0.5, 0.6) is 0 Å². The fourth-order valence-electron chi connectivity index (χ4n) is 5.19. The second-order valence-electron chi connectivity index (χ2n) is 9.45. The molecule has 4 rings (SSSR count). The van der Waals surface area contributed by atoms with Crippen LogP contribution in [0.3, 0.4) is 0 Å². The van der Waals surface area contributed by atoms with Crippen molar-refractivity contribution in [3.8, 4) is 0 Å². The van der Waals surface area contributed by atoms with Crippen LogP contribution in [0.2, 0.25) is 5.02 Å². The highest BCUT2D eigenvalue weighted by Crippen LogP contribution is 2.40. The van der Waals surface area contributed by atoms with Crippen LogP contribution in [-0.4, -0.2) is 27.5 Å². The van der Waals surface area contributed by atoms with Crippen LogP contribution in [0.25, 0.3) is 0 Å². The van der Waals surface area contributed by atoms with Gasteiger partial charge in [-0.3, -0.25) is 4.90 Å². The molecule has 0 unspecified atom stereocenters. The molecule has 2 aromatic carbocycles. The van der Waals surface area contributed by atoms with Gasteiger partial charge in [-0.05, 0) is 69.0 Å². The quantitative estimate of drug-likeness (QED) is 0.334. The molecule has 0 amide bonds. The zero-order valence-corrected chi connectivity index (χ0v) is 21.5.